The summed E-state index contributed by atoms with van der Waals surface area (Å²) in [6, 6.07) is 0. The summed E-state index contributed by atoms with van der Waals surface area (Å²) in [5, 5.41) is 7.93. The Bertz CT molecular complexity index is 912. The number of Topliss-reactive ketones (excluding diaryl/α,β-unsaturated/α-hetero) is 1. The topological polar surface area (TPSA) is 74.1 Å². The Hall–Kier alpha value is -1.72. The third-order valence-electron chi connectivity index (χ3n) is 10.7. The number of carbonyl (C=O) groups is 2. The van der Waals surface area contributed by atoms with E-state index in [1.165, 1.54) is 56.0 Å². The van der Waals surface area contributed by atoms with Gasteiger partial charge in [0, 0.05) is 5.92 Å². The van der Waals surface area contributed by atoms with Gasteiger partial charge in [-0.3, -0.25) is 4.79 Å². The Morgan fingerprint density at radius 2 is 1.82 bits per heavy atom. The normalized spacial score (nSPS) is 42.2. The molecule has 0 spiro atoms. The number of aromatic nitrogens is 3. The van der Waals surface area contributed by atoms with Crippen LogP contribution in [-0.2, 0) is 16.1 Å². The molecular formula is C27H41N3O3. The molecule has 8 atom stereocenters. The molecule has 0 saturated heterocycles. The molecule has 0 amide bonds. The number of carbonyl (C=O) groups excluding carboxylic acids is 2. The van der Waals surface area contributed by atoms with Crippen molar-refractivity contribution in [1.29, 1.82) is 0 Å². The summed E-state index contributed by atoms with van der Waals surface area (Å²) >= 11 is 0. The van der Waals surface area contributed by atoms with Gasteiger partial charge >= 0.3 is 5.97 Å². The SMILES string of the molecule is CCOC(=O)c1cn(CC(=O)[C@H]2CCC3[C@@H]4CC[C@@H]5C[C@@H](C)CC[C@]5(C)C4CC[C@@]32C)nn1. The van der Waals surface area contributed by atoms with Crippen molar-refractivity contribution in [1.82, 2.24) is 15.0 Å². The van der Waals surface area contributed by atoms with Gasteiger partial charge in [0.05, 0.1) is 12.8 Å². The second kappa shape index (κ2) is 8.49. The Labute approximate surface area is 198 Å². The van der Waals surface area contributed by atoms with Gasteiger partial charge in [-0.25, -0.2) is 9.48 Å². The molecule has 5 rings (SSSR count). The minimum absolute atomic E-state index is 0.0931. The summed E-state index contributed by atoms with van der Waals surface area (Å²) in [4.78, 5) is 25.4. The summed E-state index contributed by atoms with van der Waals surface area (Å²) in [6.45, 7) is 9.73. The van der Waals surface area contributed by atoms with E-state index in [1.54, 1.807) is 13.1 Å². The van der Waals surface area contributed by atoms with Gasteiger partial charge in [0.1, 0.15) is 6.54 Å². The lowest BCUT2D eigenvalue weighted by Gasteiger charge is -2.61. The van der Waals surface area contributed by atoms with Gasteiger partial charge in [0.15, 0.2) is 11.5 Å². The monoisotopic (exact) mass is 455 g/mol. The van der Waals surface area contributed by atoms with E-state index >= 15 is 0 Å². The van der Waals surface area contributed by atoms with Crippen molar-refractivity contribution in [3.05, 3.63) is 11.9 Å². The quantitative estimate of drug-likeness (QED) is 0.562. The minimum Gasteiger partial charge on any atom is -0.461 e. The van der Waals surface area contributed by atoms with Crippen molar-refractivity contribution in [3.63, 3.8) is 0 Å². The highest BCUT2D eigenvalue weighted by molar-refractivity contribution is 5.87. The van der Waals surface area contributed by atoms with Crippen molar-refractivity contribution in [2.45, 2.75) is 92.0 Å². The molecule has 4 aliphatic carbocycles. The third-order valence-corrected chi connectivity index (χ3v) is 10.7. The number of fused-ring (bicyclic) bond motifs is 5. The molecular weight excluding hydrogens is 414 g/mol. The Morgan fingerprint density at radius 1 is 1.06 bits per heavy atom. The van der Waals surface area contributed by atoms with Gasteiger partial charge in [-0.2, -0.15) is 0 Å². The summed E-state index contributed by atoms with van der Waals surface area (Å²) in [7, 11) is 0. The smallest absolute Gasteiger partial charge is 0.360 e. The molecule has 4 aliphatic rings. The van der Waals surface area contributed by atoms with Crippen LogP contribution in [0.1, 0.15) is 96.0 Å². The Balaban J connectivity index is 1.29. The second-order valence-electron chi connectivity index (χ2n) is 12.2. The molecule has 0 aromatic carbocycles. The van der Waals surface area contributed by atoms with Gasteiger partial charge < -0.3 is 4.74 Å². The van der Waals surface area contributed by atoms with Crippen LogP contribution in [0.2, 0.25) is 0 Å². The molecule has 4 fully saturated rings. The number of esters is 1. The van der Waals surface area contributed by atoms with E-state index in [1.807, 2.05) is 0 Å². The lowest BCUT2D eigenvalue weighted by Crippen LogP contribution is -2.53. The van der Waals surface area contributed by atoms with Gasteiger partial charge in [0.25, 0.3) is 0 Å². The molecule has 1 aromatic heterocycles. The first-order valence-electron chi connectivity index (χ1n) is 13.4. The molecule has 2 unspecified atom stereocenters. The van der Waals surface area contributed by atoms with Gasteiger partial charge in [-0.1, -0.05) is 32.4 Å². The number of ketones is 1. The van der Waals surface area contributed by atoms with Crippen molar-refractivity contribution in [3.8, 4) is 0 Å². The highest BCUT2D eigenvalue weighted by Crippen LogP contribution is 2.67. The first kappa shape index (κ1) is 23.0. The third kappa shape index (κ3) is 3.76. The van der Waals surface area contributed by atoms with Gasteiger partial charge in [-0.05, 0) is 98.7 Å². The molecule has 6 nitrogen and oxygen atoms in total. The lowest BCUT2D eigenvalue weighted by atomic mass is 9.44. The maximum Gasteiger partial charge on any atom is 0.360 e. The molecule has 0 aliphatic heterocycles. The first-order valence-corrected chi connectivity index (χ1v) is 13.4. The number of hydrogen-bond donors (Lipinski definition) is 0. The zero-order valence-corrected chi connectivity index (χ0v) is 20.9. The second-order valence-corrected chi connectivity index (χ2v) is 12.2. The first-order chi connectivity index (χ1) is 15.8. The number of nitrogens with zero attached hydrogens (tertiary/aromatic N) is 3. The zero-order chi connectivity index (χ0) is 23.4. The summed E-state index contributed by atoms with van der Waals surface area (Å²) in [5.74, 6) is 3.98. The van der Waals surface area contributed by atoms with Crippen LogP contribution < -0.4 is 0 Å². The average molecular weight is 456 g/mol. The predicted octanol–water partition coefficient (Wildman–Crippen LogP) is 5.32. The van der Waals surface area contributed by atoms with Crippen molar-refractivity contribution >= 4 is 11.8 Å². The molecule has 1 heterocycles. The van der Waals surface area contributed by atoms with Crippen molar-refractivity contribution in [2.75, 3.05) is 6.61 Å². The van der Waals surface area contributed by atoms with Crippen LogP contribution in [0.3, 0.4) is 0 Å². The minimum atomic E-state index is -0.483. The number of rotatable bonds is 5. The fraction of sp³-hybridized carbons (Fsp3) is 0.852. The van der Waals surface area contributed by atoms with Crippen LogP contribution in [0.4, 0.5) is 0 Å². The lowest BCUT2D eigenvalue weighted by molar-refractivity contribution is -0.137. The van der Waals surface area contributed by atoms with E-state index in [0.29, 0.717) is 17.9 Å². The zero-order valence-electron chi connectivity index (χ0n) is 20.9. The molecule has 33 heavy (non-hydrogen) atoms. The maximum atomic E-state index is 13.5. The fourth-order valence-electron chi connectivity index (χ4n) is 8.95. The predicted molar refractivity (Wildman–Crippen MR) is 125 cm³/mol. The molecule has 6 heteroatoms. The number of ether oxygens (including phenoxy) is 1. The van der Waals surface area contributed by atoms with Crippen molar-refractivity contribution < 1.29 is 14.3 Å². The maximum absolute atomic E-state index is 13.5. The Morgan fingerprint density at radius 3 is 2.61 bits per heavy atom. The number of hydrogen-bond acceptors (Lipinski definition) is 5. The summed E-state index contributed by atoms with van der Waals surface area (Å²) in [5.41, 5.74) is 0.796. The van der Waals surface area contributed by atoms with Gasteiger partial charge in [0.2, 0.25) is 0 Å². The van der Waals surface area contributed by atoms with Crippen molar-refractivity contribution in [2.24, 2.45) is 46.3 Å². The molecule has 0 N–H and O–H groups in total. The van der Waals surface area contributed by atoms with Crippen LogP contribution in [0.25, 0.3) is 0 Å². The Kier molecular flexibility index (Phi) is 5.93. The van der Waals surface area contributed by atoms with Gasteiger partial charge in [-0.15, -0.1) is 5.10 Å². The van der Waals surface area contributed by atoms with E-state index in [-0.39, 0.29) is 29.4 Å². The molecule has 0 radical (unpaired) electrons. The van der Waals surface area contributed by atoms with Crippen LogP contribution in [0.5, 0.6) is 0 Å². The van der Waals surface area contributed by atoms with E-state index < -0.39 is 5.97 Å². The van der Waals surface area contributed by atoms with Crippen LogP contribution in [0, 0.1) is 46.3 Å². The standard InChI is InChI=1S/C27H41N3O3/c1-5-33-25(32)23-15-30(29-28-23)16-24(31)22-9-8-20-19-7-6-18-14-17(2)10-12-26(18,3)21(19)11-13-27(20,22)4/h15,17-22H,5-14,16H2,1-4H3/t17-,18+,19-,20?,21?,22+,26-,27-/m0/s1. The van der Waals surface area contributed by atoms with E-state index in [2.05, 4.69) is 31.1 Å². The highest BCUT2D eigenvalue weighted by Gasteiger charge is 2.60. The van der Waals surface area contributed by atoms with E-state index in [0.717, 1.165) is 30.1 Å². The molecule has 1 aromatic rings. The summed E-state index contributed by atoms with van der Waals surface area (Å²) < 4.78 is 6.52. The molecule has 182 valence electrons. The highest BCUT2D eigenvalue weighted by atomic mass is 16.5. The largest absolute Gasteiger partial charge is 0.461 e. The molecule has 4 saturated carbocycles. The molecule has 0 bridgehead atoms. The fourth-order valence-corrected chi connectivity index (χ4v) is 8.95. The van der Waals surface area contributed by atoms with E-state index in [9.17, 15) is 9.59 Å². The summed E-state index contributed by atoms with van der Waals surface area (Å²) in [6.07, 6.45) is 13.2. The average Bonchev–Trinajstić information content (AvgIpc) is 3.38. The van der Waals surface area contributed by atoms with E-state index in [4.69, 9.17) is 4.74 Å². The van der Waals surface area contributed by atoms with Crippen LogP contribution in [0.15, 0.2) is 6.20 Å². The van der Waals surface area contributed by atoms with Crippen LogP contribution >= 0.6 is 0 Å². The van der Waals surface area contributed by atoms with Crippen LogP contribution in [-0.4, -0.2) is 33.4 Å².